The molecule has 1 saturated heterocycles. The Bertz CT molecular complexity index is 290. The first-order valence-electron chi connectivity index (χ1n) is 4.21. The lowest BCUT2D eigenvalue weighted by Crippen LogP contribution is -2.41. The topological polar surface area (TPSA) is 64.3 Å². The Morgan fingerprint density at radius 1 is 1.69 bits per heavy atom. The number of nitrogens with zero attached hydrogens (tertiary/aromatic N) is 3. The van der Waals surface area contributed by atoms with Crippen molar-refractivity contribution in [3.8, 4) is 0 Å². The maximum absolute atomic E-state index is 5.45. The average molecular weight is 200 g/mol. The molecule has 13 heavy (non-hydrogen) atoms. The fourth-order valence-corrected chi connectivity index (χ4v) is 1.98. The normalized spacial score (nSPS) is 23.5. The van der Waals surface area contributed by atoms with Gasteiger partial charge in [0.2, 0.25) is 11.1 Å². The minimum Gasteiger partial charge on any atom is -0.375 e. The smallest absolute Gasteiger partial charge is 0.233 e. The van der Waals surface area contributed by atoms with Crippen LogP contribution in [-0.4, -0.2) is 35.2 Å². The van der Waals surface area contributed by atoms with Gasteiger partial charge in [-0.2, -0.15) is 9.36 Å². The molecule has 2 rings (SSSR count). The van der Waals surface area contributed by atoms with Gasteiger partial charge in [0.15, 0.2) is 0 Å². The van der Waals surface area contributed by atoms with E-state index in [0.29, 0.717) is 5.95 Å². The van der Waals surface area contributed by atoms with Crippen LogP contribution in [0.2, 0.25) is 0 Å². The Balaban J connectivity index is 2.08. The quantitative estimate of drug-likeness (QED) is 0.708. The van der Waals surface area contributed by atoms with Gasteiger partial charge in [-0.15, -0.1) is 0 Å². The largest absolute Gasteiger partial charge is 0.375 e. The third-order valence-electron chi connectivity index (χ3n) is 1.94. The predicted octanol–water partition coefficient (Wildman–Crippen LogP) is 0.345. The Kier molecular flexibility index (Phi) is 2.32. The van der Waals surface area contributed by atoms with Crippen LogP contribution in [0, 0.1) is 0 Å². The van der Waals surface area contributed by atoms with Crippen molar-refractivity contribution in [2.75, 3.05) is 30.3 Å². The second-order valence-corrected chi connectivity index (χ2v) is 3.79. The molecule has 1 aromatic heterocycles. The molecular formula is C7H12N4OS. The van der Waals surface area contributed by atoms with Gasteiger partial charge in [-0.05, 0) is 6.92 Å². The van der Waals surface area contributed by atoms with Crippen molar-refractivity contribution in [2.45, 2.75) is 13.0 Å². The van der Waals surface area contributed by atoms with Crippen molar-refractivity contribution in [1.82, 2.24) is 9.36 Å². The van der Waals surface area contributed by atoms with E-state index in [0.717, 1.165) is 24.8 Å². The standard InChI is InChI=1S/C7H12N4OS/c1-5-4-11(2-3-12-5)7-9-6(8)10-13-7/h5H,2-4H2,1H3,(H2,8,10). The number of morpholine rings is 1. The Hall–Kier alpha value is -0.880. The van der Waals surface area contributed by atoms with Crippen LogP contribution in [0.4, 0.5) is 11.1 Å². The molecule has 0 saturated carbocycles. The van der Waals surface area contributed by atoms with E-state index in [9.17, 15) is 0 Å². The van der Waals surface area contributed by atoms with Crippen molar-refractivity contribution in [1.29, 1.82) is 0 Å². The lowest BCUT2D eigenvalue weighted by Gasteiger charge is -2.30. The van der Waals surface area contributed by atoms with Gasteiger partial charge >= 0.3 is 0 Å². The zero-order valence-electron chi connectivity index (χ0n) is 7.43. The number of ether oxygens (including phenoxy) is 1. The van der Waals surface area contributed by atoms with Gasteiger partial charge < -0.3 is 15.4 Å². The highest BCUT2D eigenvalue weighted by molar-refractivity contribution is 7.09. The molecule has 2 N–H and O–H groups in total. The summed E-state index contributed by atoms with van der Waals surface area (Å²) in [5.74, 6) is 0.360. The van der Waals surface area contributed by atoms with E-state index in [1.54, 1.807) is 0 Å². The molecular weight excluding hydrogens is 188 g/mol. The summed E-state index contributed by atoms with van der Waals surface area (Å²) < 4.78 is 9.36. The maximum Gasteiger partial charge on any atom is 0.233 e. The molecule has 5 nitrogen and oxygen atoms in total. The highest BCUT2D eigenvalue weighted by Gasteiger charge is 2.19. The highest BCUT2D eigenvalue weighted by atomic mass is 32.1. The number of aromatic nitrogens is 2. The summed E-state index contributed by atoms with van der Waals surface area (Å²) in [4.78, 5) is 6.28. The highest BCUT2D eigenvalue weighted by Crippen LogP contribution is 2.20. The van der Waals surface area contributed by atoms with Crippen molar-refractivity contribution in [2.24, 2.45) is 0 Å². The minimum absolute atomic E-state index is 0.263. The van der Waals surface area contributed by atoms with Gasteiger partial charge in [0.25, 0.3) is 0 Å². The SMILES string of the molecule is CC1CN(c2nc(N)ns2)CCO1. The fraction of sp³-hybridized carbons (Fsp3) is 0.714. The zero-order valence-corrected chi connectivity index (χ0v) is 8.25. The maximum atomic E-state index is 5.45. The molecule has 72 valence electrons. The number of hydrogen-bond donors (Lipinski definition) is 1. The first kappa shape index (κ1) is 8.71. The van der Waals surface area contributed by atoms with Crippen molar-refractivity contribution >= 4 is 22.6 Å². The number of nitrogens with two attached hydrogens (primary N) is 1. The van der Waals surface area contributed by atoms with E-state index in [2.05, 4.69) is 21.2 Å². The first-order valence-corrected chi connectivity index (χ1v) is 4.99. The predicted molar refractivity (Wildman–Crippen MR) is 51.9 cm³/mol. The van der Waals surface area contributed by atoms with E-state index in [-0.39, 0.29) is 6.10 Å². The zero-order chi connectivity index (χ0) is 9.26. The van der Waals surface area contributed by atoms with Crippen LogP contribution in [0.3, 0.4) is 0 Å². The molecule has 1 aromatic rings. The van der Waals surface area contributed by atoms with Crippen LogP contribution < -0.4 is 10.6 Å². The molecule has 2 heterocycles. The monoisotopic (exact) mass is 200 g/mol. The van der Waals surface area contributed by atoms with E-state index in [1.165, 1.54) is 11.5 Å². The van der Waals surface area contributed by atoms with Gasteiger partial charge in [-0.25, -0.2) is 0 Å². The van der Waals surface area contributed by atoms with Gasteiger partial charge in [-0.1, -0.05) is 0 Å². The molecule has 0 bridgehead atoms. The van der Waals surface area contributed by atoms with E-state index >= 15 is 0 Å². The summed E-state index contributed by atoms with van der Waals surface area (Å²) in [6.07, 6.45) is 0.263. The molecule has 6 heteroatoms. The lowest BCUT2D eigenvalue weighted by molar-refractivity contribution is 0.0532. The molecule has 1 fully saturated rings. The van der Waals surface area contributed by atoms with Crippen LogP contribution in [0.1, 0.15) is 6.92 Å². The van der Waals surface area contributed by atoms with Crippen LogP contribution in [0.25, 0.3) is 0 Å². The molecule has 0 aliphatic carbocycles. The van der Waals surface area contributed by atoms with Crippen molar-refractivity contribution in [3.05, 3.63) is 0 Å². The van der Waals surface area contributed by atoms with Crippen LogP contribution in [0.15, 0.2) is 0 Å². The van der Waals surface area contributed by atoms with Gasteiger partial charge in [-0.3, -0.25) is 0 Å². The molecule has 1 unspecified atom stereocenters. The summed E-state index contributed by atoms with van der Waals surface area (Å²) in [7, 11) is 0. The summed E-state index contributed by atoms with van der Waals surface area (Å²) in [6.45, 7) is 4.55. The van der Waals surface area contributed by atoms with Crippen LogP contribution in [-0.2, 0) is 4.74 Å². The first-order chi connectivity index (χ1) is 6.25. The summed E-state index contributed by atoms with van der Waals surface area (Å²) in [6, 6.07) is 0. The van der Waals surface area contributed by atoms with Gasteiger partial charge in [0.05, 0.1) is 12.7 Å². The van der Waals surface area contributed by atoms with Gasteiger partial charge in [0.1, 0.15) is 0 Å². The molecule has 1 aliphatic heterocycles. The molecule has 0 spiro atoms. The molecule has 0 radical (unpaired) electrons. The second kappa shape index (κ2) is 3.47. The van der Waals surface area contributed by atoms with E-state index in [4.69, 9.17) is 10.5 Å². The Morgan fingerprint density at radius 3 is 3.15 bits per heavy atom. The fourth-order valence-electron chi connectivity index (χ4n) is 1.35. The number of rotatable bonds is 1. The Morgan fingerprint density at radius 2 is 2.54 bits per heavy atom. The van der Waals surface area contributed by atoms with Crippen molar-refractivity contribution < 1.29 is 4.74 Å². The lowest BCUT2D eigenvalue weighted by atomic mass is 10.3. The second-order valence-electron chi connectivity index (χ2n) is 3.06. The third kappa shape index (κ3) is 1.89. The van der Waals surface area contributed by atoms with Crippen LogP contribution in [0.5, 0.6) is 0 Å². The summed E-state index contributed by atoms with van der Waals surface area (Å²) >= 11 is 1.34. The average Bonchev–Trinajstić information content (AvgIpc) is 2.52. The Labute approximate surface area is 80.7 Å². The van der Waals surface area contributed by atoms with E-state index in [1.807, 2.05) is 0 Å². The number of nitrogen functional groups attached to an aromatic ring is 1. The van der Waals surface area contributed by atoms with E-state index < -0.39 is 0 Å². The van der Waals surface area contributed by atoms with Gasteiger partial charge in [0, 0.05) is 24.6 Å². The third-order valence-corrected chi connectivity index (χ3v) is 2.73. The molecule has 1 aliphatic rings. The number of hydrogen-bond acceptors (Lipinski definition) is 6. The molecule has 1 atom stereocenters. The van der Waals surface area contributed by atoms with Crippen LogP contribution >= 0.6 is 11.5 Å². The molecule has 0 aromatic carbocycles. The summed E-state index contributed by atoms with van der Waals surface area (Å²) in [5, 5.41) is 0.896. The van der Waals surface area contributed by atoms with Crippen molar-refractivity contribution in [3.63, 3.8) is 0 Å². The summed E-state index contributed by atoms with van der Waals surface area (Å²) in [5.41, 5.74) is 5.45. The molecule has 0 amide bonds. The minimum atomic E-state index is 0.263. The number of anilines is 2.